The number of anilines is 1. The highest BCUT2D eigenvalue weighted by molar-refractivity contribution is 6.32. The number of fused-ring (bicyclic) bond motifs is 1. The number of nitrogens with zero attached hydrogens (tertiary/aromatic N) is 3. The van der Waals surface area contributed by atoms with Crippen molar-refractivity contribution >= 4 is 34.2 Å². The van der Waals surface area contributed by atoms with Crippen LogP contribution >= 0.6 is 11.6 Å². The molecular weight excluding hydrogens is 458 g/mol. The maximum Gasteiger partial charge on any atom is 0.227 e. The van der Waals surface area contributed by atoms with Crippen LogP contribution in [0.1, 0.15) is 41.8 Å². The first-order valence-electron chi connectivity index (χ1n) is 12.2. The van der Waals surface area contributed by atoms with E-state index in [0.717, 1.165) is 50.9 Å². The summed E-state index contributed by atoms with van der Waals surface area (Å²) >= 11 is 6.31. The smallest absolute Gasteiger partial charge is 0.227 e. The normalized spacial score (nSPS) is 15.8. The Morgan fingerprint density at radius 1 is 1.06 bits per heavy atom. The van der Waals surface area contributed by atoms with Crippen molar-refractivity contribution in [2.45, 2.75) is 46.1 Å². The fourth-order valence-electron chi connectivity index (χ4n) is 4.93. The first-order valence-corrected chi connectivity index (χ1v) is 12.6. The molecule has 1 amide bonds. The average molecular weight is 488 g/mol. The van der Waals surface area contributed by atoms with E-state index in [1.165, 1.54) is 5.56 Å². The Morgan fingerprint density at radius 3 is 2.49 bits per heavy atom. The molecule has 1 unspecified atom stereocenters. The monoisotopic (exact) mass is 487 g/mol. The molecule has 1 fully saturated rings. The first-order chi connectivity index (χ1) is 16.9. The molecule has 0 spiro atoms. The van der Waals surface area contributed by atoms with Gasteiger partial charge in [0.15, 0.2) is 0 Å². The molecule has 1 aliphatic rings. The zero-order valence-electron chi connectivity index (χ0n) is 20.4. The van der Waals surface area contributed by atoms with E-state index >= 15 is 0 Å². The molecule has 6 heteroatoms. The van der Waals surface area contributed by atoms with E-state index in [0.29, 0.717) is 26.1 Å². The third-order valence-corrected chi connectivity index (χ3v) is 7.42. The van der Waals surface area contributed by atoms with Gasteiger partial charge in [0, 0.05) is 29.6 Å². The van der Waals surface area contributed by atoms with Gasteiger partial charge in [-0.3, -0.25) is 4.79 Å². The second-order valence-corrected chi connectivity index (χ2v) is 9.63. The number of aromatic nitrogens is 2. The van der Waals surface area contributed by atoms with E-state index in [1.54, 1.807) is 0 Å². The lowest BCUT2D eigenvalue weighted by Gasteiger charge is -2.18. The Kier molecular flexibility index (Phi) is 6.52. The minimum Gasteiger partial charge on any atom is -0.492 e. The zero-order valence-corrected chi connectivity index (χ0v) is 21.2. The van der Waals surface area contributed by atoms with Crippen molar-refractivity contribution in [1.82, 2.24) is 9.55 Å². The summed E-state index contributed by atoms with van der Waals surface area (Å²) in [6.07, 6.45) is 1.44. The number of benzene rings is 3. The highest BCUT2D eigenvalue weighted by Gasteiger charge is 2.34. The first kappa shape index (κ1) is 23.4. The molecule has 0 saturated carbocycles. The molecule has 0 bridgehead atoms. The molecule has 2 heterocycles. The van der Waals surface area contributed by atoms with Crippen LogP contribution in [0.5, 0.6) is 5.75 Å². The van der Waals surface area contributed by atoms with Gasteiger partial charge in [0.05, 0.1) is 17.6 Å². The van der Waals surface area contributed by atoms with Gasteiger partial charge in [-0.1, -0.05) is 42.8 Å². The number of rotatable bonds is 7. The number of hydrogen-bond acceptors (Lipinski definition) is 3. The molecule has 1 atom stereocenters. The Balaban J connectivity index is 1.38. The maximum atomic E-state index is 13.0. The van der Waals surface area contributed by atoms with E-state index < -0.39 is 0 Å². The number of amides is 1. The lowest BCUT2D eigenvalue weighted by molar-refractivity contribution is -0.117. The largest absolute Gasteiger partial charge is 0.492 e. The van der Waals surface area contributed by atoms with Crippen molar-refractivity contribution < 1.29 is 9.53 Å². The van der Waals surface area contributed by atoms with Crippen LogP contribution in [0.4, 0.5) is 5.69 Å². The summed E-state index contributed by atoms with van der Waals surface area (Å²) in [6.45, 7) is 7.88. The van der Waals surface area contributed by atoms with Crippen molar-refractivity contribution in [2.75, 3.05) is 18.1 Å². The summed E-state index contributed by atoms with van der Waals surface area (Å²) in [5.74, 6) is 1.93. The molecule has 1 aliphatic heterocycles. The molecule has 0 radical (unpaired) electrons. The zero-order chi connectivity index (χ0) is 24.5. The molecule has 5 rings (SSSR count). The highest BCUT2D eigenvalue weighted by Crippen LogP contribution is 2.33. The number of carbonyl (C=O) groups is 1. The van der Waals surface area contributed by atoms with Gasteiger partial charge in [0.25, 0.3) is 0 Å². The predicted molar refractivity (Wildman–Crippen MR) is 142 cm³/mol. The van der Waals surface area contributed by atoms with Gasteiger partial charge >= 0.3 is 0 Å². The third-order valence-electron chi connectivity index (χ3n) is 6.82. The Labute approximate surface area is 211 Å². The fraction of sp³-hybridized carbons (Fsp3) is 0.310. The van der Waals surface area contributed by atoms with E-state index in [1.807, 2.05) is 61.2 Å². The number of carbonyl (C=O) groups excluding carboxylic acids is 1. The maximum absolute atomic E-state index is 13.0. The van der Waals surface area contributed by atoms with E-state index in [2.05, 4.69) is 29.7 Å². The predicted octanol–water partition coefficient (Wildman–Crippen LogP) is 6.47. The van der Waals surface area contributed by atoms with Crippen molar-refractivity contribution in [3.8, 4) is 5.75 Å². The standard InChI is InChI=1S/C29H30ClN3O2/c1-4-21-9-11-23(12-10-21)33-18-22(17-27(33)34)29-31-25-7-5-6-8-26(25)32(29)13-14-35-24-15-19(2)28(30)20(3)16-24/h5-12,15-16,22H,4,13-14,17-18H2,1-3H3. The molecule has 3 aromatic carbocycles. The van der Waals surface area contributed by atoms with E-state index in [9.17, 15) is 4.79 Å². The Morgan fingerprint density at radius 2 is 1.77 bits per heavy atom. The van der Waals surface area contributed by atoms with Gasteiger partial charge in [-0.15, -0.1) is 0 Å². The molecule has 4 aromatic rings. The fourth-order valence-corrected chi connectivity index (χ4v) is 5.04. The van der Waals surface area contributed by atoms with Gasteiger partial charge in [0.2, 0.25) is 5.91 Å². The van der Waals surface area contributed by atoms with Crippen LogP contribution < -0.4 is 9.64 Å². The quantitative estimate of drug-likeness (QED) is 0.300. The molecule has 5 nitrogen and oxygen atoms in total. The summed E-state index contributed by atoms with van der Waals surface area (Å²) < 4.78 is 8.33. The molecule has 1 aromatic heterocycles. The van der Waals surface area contributed by atoms with Gasteiger partial charge in [-0.25, -0.2) is 4.98 Å². The SMILES string of the molecule is CCc1ccc(N2CC(c3nc4ccccc4n3CCOc3cc(C)c(Cl)c(C)c3)CC2=O)cc1. The van der Waals surface area contributed by atoms with Crippen molar-refractivity contribution in [1.29, 1.82) is 0 Å². The number of aryl methyl sites for hydroxylation is 3. The lowest BCUT2D eigenvalue weighted by Crippen LogP contribution is -2.24. The summed E-state index contributed by atoms with van der Waals surface area (Å²) in [5, 5.41) is 0.778. The Hall–Kier alpha value is -3.31. The number of hydrogen-bond donors (Lipinski definition) is 0. The van der Waals surface area contributed by atoms with Gasteiger partial charge in [-0.05, 0) is 73.4 Å². The average Bonchev–Trinajstić information content (AvgIpc) is 3.43. The van der Waals surface area contributed by atoms with Gasteiger partial charge in [-0.2, -0.15) is 0 Å². The Bertz CT molecular complexity index is 1350. The summed E-state index contributed by atoms with van der Waals surface area (Å²) in [7, 11) is 0. The summed E-state index contributed by atoms with van der Waals surface area (Å²) in [6, 6.07) is 20.4. The molecule has 1 saturated heterocycles. The minimum atomic E-state index is 0.0285. The van der Waals surface area contributed by atoms with Crippen LogP contribution in [-0.4, -0.2) is 28.6 Å². The van der Waals surface area contributed by atoms with Crippen LogP contribution in [0.2, 0.25) is 5.02 Å². The molecule has 0 N–H and O–H groups in total. The van der Waals surface area contributed by atoms with Crippen LogP contribution in [0.15, 0.2) is 60.7 Å². The number of ether oxygens (including phenoxy) is 1. The van der Waals surface area contributed by atoms with Gasteiger partial charge in [0.1, 0.15) is 18.2 Å². The number of halogens is 1. The lowest BCUT2D eigenvalue weighted by atomic mass is 10.1. The second kappa shape index (κ2) is 9.74. The number of para-hydroxylation sites is 2. The molecular formula is C29H30ClN3O2. The summed E-state index contributed by atoms with van der Waals surface area (Å²) in [4.78, 5) is 19.8. The molecule has 180 valence electrons. The second-order valence-electron chi connectivity index (χ2n) is 9.26. The number of imidazole rings is 1. The highest BCUT2D eigenvalue weighted by atomic mass is 35.5. The van der Waals surface area contributed by atoms with Crippen LogP contribution in [0.25, 0.3) is 11.0 Å². The molecule has 0 aliphatic carbocycles. The van der Waals surface area contributed by atoms with Gasteiger partial charge < -0.3 is 14.2 Å². The molecule has 35 heavy (non-hydrogen) atoms. The summed E-state index contributed by atoms with van der Waals surface area (Å²) in [5.41, 5.74) is 6.24. The van der Waals surface area contributed by atoms with E-state index in [4.69, 9.17) is 21.3 Å². The van der Waals surface area contributed by atoms with Crippen LogP contribution in [0.3, 0.4) is 0 Å². The topological polar surface area (TPSA) is 47.4 Å². The van der Waals surface area contributed by atoms with Crippen molar-refractivity contribution in [2.24, 2.45) is 0 Å². The van der Waals surface area contributed by atoms with E-state index in [-0.39, 0.29) is 11.8 Å². The van der Waals surface area contributed by atoms with Crippen molar-refractivity contribution in [3.05, 3.63) is 88.2 Å². The van der Waals surface area contributed by atoms with Crippen LogP contribution in [0, 0.1) is 13.8 Å². The van der Waals surface area contributed by atoms with Crippen molar-refractivity contribution in [3.63, 3.8) is 0 Å². The third kappa shape index (κ3) is 4.65. The minimum absolute atomic E-state index is 0.0285. The van der Waals surface area contributed by atoms with Crippen LogP contribution in [-0.2, 0) is 17.8 Å².